The number of benzene rings is 1. The molecule has 0 fully saturated rings. The second-order valence-electron chi connectivity index (χ2n) is 4.48. The highest BCUT2D eigenvalue weighted by molar-refractivity contribution is 5.97. The molecule has 0 radical (unpaired) electrons. The molecule has 2 rings (SSSR count). The summed E-state index contributed by atoms with van der Waals surface area (Å²) in [6.45, 7) is 2.75. The Bertz CT molecular complexity index is 577. The fourth-order valence-corrected chi connectivity index (χ4v) is 1.84. The second-order valence-corrected chi connectivity index (χ2v) is 4.48. The first-order chi connectivity index (χ1) is 9.08. The zero-order valence-electron chi connectivity index (χ0n) is 11.1. The molecule has 0 atom stereocenters. The summed E-state index contributed by atoms with van der Waals surface area (Å²) >= 11 is 0. The lowest BCUT2D eigenvalue weighted by Crippen LogP contribution is -2.24. The van der Waals surface area contributed by atoms with E-state index in [0.29, 0.717) is 18.1 Å². The van der Waals surface area contributed by atoms with Crippen LogP contribution < -0.4 is 10.6 Å². The predicted molar refractivity (Wildman–Crippen MR) is 76.3 cm³/mol. The van der Waals surface area contributed by atoms with Gasteiger partial charge in [-0.3, -0.25) is 5.41 Å². The standard InChI is InChI=1S/C14H17N5/c1-10-3-5-11(6-4-10)9-19(2)14-12(13(15)16)17-7-8-18-14/h3-8H,9H2,1-2H3,(H3,15,16). The van der Waals surface area contributed by atoms with Crippen LogP contribution in [0.3, 0.4) is 0 Å². The number of hydrogen-bond acceptors (Lipinski definition) is 4. The van der Waals surface area contributed by atoms with Crippen molar-refractivity contribution >= 4 is 11.7 Å². The van der Waals surface area contributed by atoms with Crippen molar-refractivity contribution in [3.63, 3.8) is 0 Å². The highest BCUT2D eigenvalue weighted by Crippen LogP contribution is 2.15. The molecule has 1 aromatic carbocycles. The van der Waals surface area contributed by atoms with Crippen LogP contribution in [0.4, 0.5) is 5.82 Å². The van der Waals surface area contributed by atoms with Gasteiger partial charge in [0.05, 0.1) is 0 Å². The first kappa shape index (κ1) is 13.0. The van der Waals surface area contributed by atoms with Gasteiger partial charge in [0.1, 0.15) is 11.5 Å². The average molecular weight is 255 g/mol. The number of amidine groups is 1. The molecule has 19 heavy (non-hydrogen) atoms. The summed E-state index contributed by atoms with van der Waals surface area (Å²) in [5, 5.41) is 7.53. The maximum atomic E-state index is 7.53. The summed E-state index contributed by atoms with van der Waals surface area (Å²) in [6.07, 6.45) is 3.15. The van der Waals surface area contributed by atoms with Gasteiger partial charge in [0.15, 0.2) is 5.82 Å². The van der Waals surface area contributed by atoms with Crippen molar-refractivity contribution < 1.29 is 0 Å². The molecular weight excluding hydrogens is 238 g/mol. The highest BCUT2D eigenvalue weighted by Gasteiger charge is 2.12. The Labute approximate surface area is 112 Å². The van der Waals surface area contributed by atoms with E-state index < -0.39 is 0 Å². The number of aryl methyl sites for hydroxylation is 1. The molecule has 0 aliphatic carbocycles. The van der Waals surface area contributed by atoms with Gasteiger partial charge in [0, 0.05) is 26.0 Å². The van der Waals surface area contributed by atoms with Gasteiger partial charge in [-0.2, -0.15) is 0 Å². The number of aromatic nitrogens is 2. The fraction of sp³-hybridized carbons (Fsp3) is 0.214. The Morgan fingerprint density at radius 1 is 1.21 bits per heavy atom. The fourth-order valence-electron chi connectivity index (χ4n) is 1.84. The van der Waals surface area contributed by atoms with E-state index in [-0.39, 0.29) is 5.84 Å². The molecule has 0 aliphatic rings. The van der Waals surface area contributed by atoms with E-state index in [1.807, 2.05) is 11.9 Å². The van der Waals surface area contributed by atoms with Crippen LogP contribution in [-0.4, -0.2) is 22.9 Å². The van der Waals surface area contributed by atoms with Crippen LogP contribution in [0.25, 0.3) is 0 Å². The van der Waals surface area contributed by atoms with Crippen LogP contribution in [0.2, 0.25) is 0 Å². The van der Waals surface area contributed by atoms with Gasteiger partial charge in [-0.15, -0.1) is 0 Å². The van der Waals surface area contributed by atoms with Gasteiger partial charge in [-0.25, -0.2) is 9.97 Å². The second kappa shape index (κ2) is 5.48. The first-order valence-corrected chi connectivity index (χ1v) is 6.00. The largest absolute Gasteiger partial charge is 0.382 e. The van der Waals surface area contributed by atoms with E-state index in [1.165, 1.54) is 11.1 Å². The number of rotatable bonds is 4. The summed E-state index contributed by atoms with van der Waals surface area (Å²) < 4.78 is 0. The minimum Gasteiger partial charge on any atom is -0.382 e. The van der Waals surface area contributed by atoms with E-state index >= 15 is 0 Å². The molecule has 0 spiro atoms. The van der Waals surface area contributed by atoms with E-state index in [4.69, 9.17) is 11.1 Å². The molecule has 3 N–H and O–H groups in total. The van der Waals surface area contributed by atoms with Crippen LogP contribution >= 0.6 is 0 Å². The lowest BCUT2D eigenvalue weighted by Gasteiger charge is -2.20. The maximum absolute atomic E-state index is 7.53. The Hall–Kier alpha value is -2.43. The summed E-state index contributed by atoms with van der Waals surface area (Å²) in [6, 6.07) is 8.31. The molecule has 1 aromatic heterocycles. The van der Waals surface area contributed by atoms with Crippen molar-refractivity contribution in [2.24, 2.45) is 5.73 Å². The SMILES string of the molecule is Cc1ccc(CN(C)c2nccnc2C(=N)N)cc1. The number of nitrogen functional groups attached to an aromatic ring is 1. The van der Waals surface area contributed by atoms with Gasteiger partial charge in [0.25, 0.3) is 0 Å². The predicted octanol–water partition coefficient (Wildman–Crippen LogP) is 1.71. The molecule has 0 unspecified atom stereocenters. The van der Waals surface area contributed by atoms with E-state index in [0.717, 1.165) is 0 Å². The topological polar surface area (TPSA) is 78.9 Å². The Balaban J connectivity index is 2.22. The number of nitrogens with two attached hydrogens (primary N) is 1. The van der Waals surface area contributed by atoms with Crippen LogP contribution in [0.1, 0.15) is 16.8 Å². The molecule has 98 valence electrons. The molecule has 1 heterocycles. The number of nitrogens with zero attached hydrogens (tertiary/aromatic N) is 3. The average Bonchev–Trinajstić information content (AvgIpc) is 2.41. The smallest absolute Gasteiger partial charge is 0.158 e. The molecule has 0 saturated carbocycles. The van der Waals surface area contributed by atoms with Gasteiger partial charge in [0.2, 0.25) is 0 Å². The lowest BCUT2D eigenvalue weighted by atomic mass is 10.1. The highest BCUT2D eigenvalue weighted by atomic mass is 15.2. The van der Waals surface area contributed by atoms with Gasteiger partial charge in [-0.05, 0) is 12.5 Å². The molecule has 0 amide bonds. The van der Waals surface area contributed by atoms with Crippen molar-refractivity contribution in [3.8, 4) is 0 Å². The van der Waals surface area contributed by atoms with Crippen LogP contribution in [0.15, 0.2) is 36.7 Å². The zero-order valence-corrected chi connectivity index (χ0v) is 11.1. The van der Waals surface area contributed by atoms with Gasteiger partial charge in [-0.1, -0.05) is 29.8 Å². The maximum Gasteiger partial charge on any atom is 0.158 e. The molecule has 5 heteroatoms. The summed E-state index contributed by atoms with van der Waals surface area (Å²) in [7, 11) is 1.91. The number of anilines is 1. The monoisotopic (exact) mass is 255 g/mol. The molecular formula is C14H17N5. The molecule has 5 nitrogen and oxygen atoms in total. The van der Waals surface area contributed by atoms with Crippen LogP contribution in [0.5, 0.6) is 0 Å². The van der Waals surface area contributed by atoms with E-state index in [9.17, 15) is 0 Å². The van der Waals surface area contributed by atoms with Crippen molar-refractivity contribution in [2.45, 2.75) is 13.5 Å². The lowest BCUT2D eigenvalue weighted by molar-refractivity contribution is 0.885. The third-order valence-electron chi connectivity index (χ3n) is 2.84. The van der Waals surface area contributed by atoms with Gasteiger partial charge >= 0.3 is 0 Å². The third-order valence-corrected chi connectivity index (χ3v) is 2.84. The molecule has 2 aromatic rings. The summed E-state index contributed by atoms with van der Waals surface area (Å²) in [5.74, 6) is 0.550. The normalized spacial score (nSPS) is 10.2. The zero-order chi connectivity index (χ0) is 13.8. The van der Waals surface area contributed by atoms with E-state index in [2.05, 4.69) is 41.2 Å². The van der Waals surface area contributed by atoms with Crippen molar-refractivity contribution in [3.05, 3.63) is 53.5 Å². The van der Waals surface area contributed by atoms with Crippen molar-refractivity contribution in [1.82, 2.24) is 9.97 Å². The van der Waals surface area contributed by atoms with Gasteiger partial charge < -0.3 is 10.6 Å². The van der Waals surface area contributed by atoms with E-state index in [1.54, 1.807) is 12.4 Å². The summed E-state index contributed by atoms with van der Waals surface area (Å²) in [5.41, 5.74) is 8.34. The Morgan fingerprint density at radius 2 is 1.84 bits per heavy atom. The minimum atomic E-state index is -0.0705. The van der Waals surface area contributed by atoms with Crippen molar-refractivity contribution in [1.29, 1.82) is 5.41 Å². The minimum absolute atomic E-state index is 0.0705. The Morgan fingerprint density at radius 3 is 2.47 bits per heavy atom. The van der Waals surface area contributed by atoms with Crippen molar-refractivity contribution in [2.75, 3.05) is 11.9 Å². The quantitative estimate of drug-likeness (QED) is 0.644. The molecule has 0 bridgehead atoms. The Kier molecular flexibility index (Phi) is 3.75. The summed E-state index contributed by atoms with van der Waals surface area (Å²) in [4.78, 5) is 10.3. The number of nitrogens with one attached hydrogen (secondary N) is 1. The third kappa shape index (κ3) is 3.07. The number of hydrogen-bond donors (Lipinski definition) is 2. The first-order valence-electron chi connectivity index (χ1n) is 6.00. The van der Waals surface area contributed by atoms with Crippen LogP contribution in [0, 0.1) is 12.3 Å². The molecule has 0 saturated heterocycles. The molecule has 0 aliphatic heterocycles. The van der Waals surface area contributed by atoms with Crippen LogP contribution in [-0.2, 0) is 6.54 Å².